The first-order valence-electron chi connectivity index (χ1n) is 9.56. The summed E-state index contributed by atoms with van der Waals surface area (Å²) in [6.07, 6.45) is 0.745. The van der Waals surface area contributed by atoms with Gasteiger partial charge < -0.3 is 19.7 Å². The molecule has 0 radical (unpaired) electrons. The van der Waals surface area contributed by atoms with E-state index in [2.05, 4.69) is 5.32 Å². The Morgan fingerprint density at radius 3 is 2.63 bits per heavy atom. The van der Waals surface area contributed by atoms with Crippen LogP contribution >= 0.6 is 23.4 Å². The number of thioether (sulfide) groups is 1. The highest BCUT2D eigenvalue weighted by Gasteiger charge is 2.41. The number of rotatable bonds is 8. The van der Waals surface area contributed by atoms with Gasteiger partial charge >= 0.3 is 5.97 Å². The number of hydrogen-bond donors (Lipinski definition) is 1. The van der Waals surface area contributed by atoms with Crippen molar-refractivity contribution in [3.63, 3.8) is 0 Å². The number of fused-ring (bicyclic) bond motifs is 1. The highest BCUT2D eigenvalue weighted by Crippen LogP contribution is 2.45. The van der Waals surface area contributed by atoms with Gasteiger partial charge in [-0.05, 0) is 29.5 Å². The van der Waals surface area contributed by atoms with Crippen LogP contribution in [0, 0.1) is 0 Å². The Bertz CT molecular complexity index is 911. The van der Waals surface area contributed by atoms with Gasteiger partial charge in [0.2, 0.25) is 5.91 Å². The van der Waals surface area contributed by atoms with Gasteiger partial charge in [-0.1, -0.05) is 42.4 Å². The summed E-state index contributed by atoms with van der Waals surface area (Å²) in [7, 11) is 2.95. The highest BCUT2D eigenvalue weighted by molar-refractivity contribution is 8.16. The van der Waals surface area contributed by atoms with E-state index in [1.54, 1.807) is 19.2 Å². The van der Waals surface area contributed by atoms with E-state index in [0.717, 1.165) is 16.4 Å². The smallest absolute Gasteiger partial charge is 0.338 e. The van der Waals surface area contributed by atoms with Crippen molar-refractivity contribution in [2.75, 3.05) is 27.4 Å². The topological polar surface area (TPSA) is 80.2 Å². The number of amidine groups is 1. The summed E-state index contributed by atoms with van der Waals surface area (Å²) in [5, 5.41) is 6.08. The molecule has 1 atom stereocenters. The van der Waals surface area contributed by atoms with Crippen LogP contribution in [0.1, 0.15) is 31.4 Å². The molecule has 2 heterocycles. The molecule has 1 aromatic rings. The number of aliphatic imine (C=N–C) groups is 1. The van der Waals surface area contributed by atoms with Gasteiger partial charge in [0.15, 0.2) is 5.17 Å². The second kappa shape index (κ2) is 10.1. The molecule has 2 aliphatic heterocycles. The Balaban J connectivity index is 1.98. The third-order valence-corrected chi connectivity index (χ3v) is 5.93. The molecule has 1 unspecified atom stereocenters. The van der Waals surface area contributed by atoms with E-state index in [1.807, 2.05) is 29.4 Å². The van der Waals surface area contributed by atoms with Gasteiger partial charge in [-0.15, -0.1) is 0 Å². The van der Waals surface area contributed by atoms with Crippen molar-refractivity contribution >= 4 is 40.4 Å². The number of carbonyl (C=O) groups excluding carboxylic acids is 2. The van der Waals surface area contributed by atoms with Crippen LogP contribution in [-0.2, 0) is 19.1 Å². The number of amides is 1. The third-order valence-electron chi connectivity index (χ3n) is 4.78. The van der Waals surface area contributed by atoms with Crippen LogP contribution in [0.5, 0.6) is 0 Å². The molecule has 0 saturated carbocycles. The van der Waals surface area contributed by atoms with Crippen LogP contribution < -0.4 is 5.32 Å². The fourth-order valence-electron chi connectivity index (χ4n) is 3.39. The van der Waals surface area contributed by atoms with E-state index in [4.69, 9.17) is 26.1 Å². The maximum absolute atomic E-state index is 12.8. The summed E-state index contributed by atoms with van der Waals surface area (Å²) in [6.45, 7) is 2.83. The number of nitrogens with zero attached hydrogens (tertiary/aromatic N) is 2. The van der Waals surface area contributed by atoms with Gasteiger partial charge in [0, 0.05) is 24.4 Å². The molecule has 1 aromatic carbocycles. The summed E-state index contributed by atoms with van der Waals surface area (Å²) in [5.41, 5.74) is 2.79. The third kappa shape index (κ3) is 4.71. The first-order chi connectivity index (χ1) is 14.5. The Morgan fingerprint density at radius 1 is 1.27 bits per heavy atom. The lowest BCUT2D eigenvalue weighted by Crippen LogP contribution is -2.38. The number of allylic oxidation sites excluding steroid dienone is 1. The number of benzene rings is 1. The van der Waals surface area contributed by atoms with E-state index in [0.29, 0.717) is 35.9 Å². The van der Waals surface area contributed by atoms with Crippen LogP contribution in [-0.4, -0.2) is 49.3 Å². The molecular formula is C21H24ClN3O4S. The molecule has 0 fully saturated rings. The molecular weight excluding hydrogens is 426 g/mol. The summed E-state index contributed by atoms with van der Waals surface area (Å²) in [5.74, 6) is -0.560. The zero-order valence-electron chi connectivity index (χ0n) is 17.1. The molecule has 7 nitrogen and oxygen atoms in total. The maximum atomic E-state index is 12.8. The minimum absolute atomic E-state index is 0.125. The number of nitrogens with one attached hydrogen (secondary N) is 1. The molecule has 30 heavy (non-hydrogen) atoms. The number of hydrogen-bond acceptors (Lipinski definition) is 7. The lowest BCUT2D eigenvalue weighted by atomic mass is 9.93. The van der Waals surface area contributed by atoms with E-state index in [1.165, 1.54) is 18.9 Å². The van der Waals surface area contributed by atoms with E-state index in [9.17, 15) is 9.59 Å². The fourth-order valence-corrected chi connectivity index (χ4v) is 4.46. The van der Waals surface area contributed by atoms with Gasteiger partial charge in [-0.25, -0.2) is 9.79 Å². The average molecular weight is 450 g/mol. The Hall–Kier alpha value is -2.29. The van der Waals surface area contributed by atoms with Crippen molar-refractivity contribution in [3.05, 3.63) is 57.2 Å². The monoisotopic (exact) mass is 449 g/mol. The van der Waals surface area contributed by atoms with Crippen LogP contribution in [0.25, 0.3) is 0 Å². The minimum atomic E-state index is -0.454. The number of carbonyl (C=O) groups is 2. The minimum Gasteiger partial charge on any atom is -0.466 e. The number of halogens is 1. The Kier molecular flexibility index (Phi) is 7.58. The van der Waals surface area contributed by atoms with Crippen molar-refractivity contribution in [2.24, 2.45) is 4.99 Å². The normalized spacial score (nSPS) is 18.0. The quantitative estimate of drug-likeness (QED) is 0.482. The first-order valence-corrected chi connectivity index (χ1v) is 10.8. The van der Waals surface area contributed by atoms with Crippen LogP contribution in [0.3, 0.4) is 0 Å². The zero-order valence-corrected chi connectivity index (χ0v) is 18.7. The molecule has 3 rings (SSSR count). The predicted molar refractivity (Wildman–Crippen MR) is 118 cm³/mol. The van der Waals surface area contributed by atoms with Crippen molar-refractivity contribution < 1.29 is 19.1 Å². The molecule has 0 bridgehead atoms. The molecule has 0 saturated heterocycles. The number of ether oxygens (including phenoxy) is 2. The molecule has 0 aromatic heterocycles. The van der Waals surface area contributed by atoms with Gasteiger partial charge in [0.1, 0.15) is 0 Å². The van der Waals surface area contributed by atoms with Crippen molar-refractivity contribution in [1.82, 2.24) is 10.2 Å². The van der Waals surface area contributed by atoms with Crippen LogP contribution in [0.2, 0.25) is 5.02 Å². The van der Waals surface area contributed by atoms with Gasteiger partial charge in [0.25, 0.3) is 0 Å². The molecule has 0 aliphatic carbocycles. The predicted octanol–water partition coefficient (Wildman–Crippen LogP) is 3.63. The second-order valence-corrected chi connectivity index (χ2v) is 7.94. The lowest BCUT2D eigenvalue weighted by Gasteiger charge is -2.36. The number of methoxy groups -OCH3 is 2. The summed E-state index contributed by atoms with van der Waals surface area (Å²) < 4.78 is 10.1. The molecule has 0 spiro atoms. The average Bonchev–Trinajstić information content (AvgIpc) is 3.14. The molecule has 1 N–H and O–H groups in total. The molecule has 2 aliphatic rings. The highest BCUT2D eigenvalue weighted by atomic mass is 35.5. The number of esters is 1. The van der Waals surface area contributed by atoms with Crippen LogP contribution in [0.15, 0.2) is 51.6 Å². The fraction of sp³-hybridized carbons (Fsp3) is 0.381. The SMILES string of the molecule is CCC1=C(C(=O)OC)C(c2ccc(Cl)cc2)N2C(CC(=O)NCCOC)=CSC2=N1. The summed E-state index contributed by atoms with van der Waals surface area (Å²) in [4.78, 5) is 31.8. The second-order valence-electron chi connectivity index (χ2n) is 6.67. The van der Waals surface area contributed by atoms with Crippen molar-refractivity contribution in [2.45, 2.75) is 25.8 Å². The lowest BCUT2D eigenvalue weighted by molar-refractivity contribution is -0.136. The van der Waals surface area contributed by atoms with Crippen molar-refractivity contribution in [3.8, 4) is 0 Å². The summed E-state index contributed by atoms with van der Waals surface area (Å²) in [6, 6.07) is 6.88. The Morgan fingerprint density at radius 2 is 2.00 bits per heavy atom. The van der Waals surface area contributed by atoms with E-state index >= 15 is 0 Å². The maximum Gasteiger partial charge on any atom is 0.338 e. The first kappa shape index (κ1) is 22.4. The van der Waals surface area contributed by atoms with Gasteiger partial charge in [-0.2, -0.15) is 0 Å². The van der Waals surface area contributed by atoms with E-state index in [-0.39, 0.29) is 12.3 Å². The van der Waals surface area contributed by atoms with Crippen LogP contribution in [0.4, 0.5) is 0 Å². The standard InChI is InChI=1S/C21H24ClN3O4S/c1-4-16-18(20(27)29-3)19(13-5-7-14(22)8-6-13)25-15(12-30-21(25)24-16)11-17(26)23-9-10-28-2/h5-8,12,19H,4,9-11H2,1-3H3,(H,23,26). The molecule has 160 valence electrons. The largest absolute Gasteiger partial charge is 0.466 e. The zero-order chi connectivity index (χ0) is 21.7. The van der Waals surface area contributed by atoms with E-state index < -0.39 is 12.0 Å². The van der Waals surface area contributed by atoms with Crippen molar-refractivity contribution in [1.29, 1.82) is 0 Å². The summed E-state index contributed by atoms with van der Waals surface area (Å²) >= 11 is 7.53. The molecule has 1 amide bonds. The van der Waals surface area contributed by atoms with Gasteiger partial charge in [0.05, 0.1) is 37.4 Å². The van der Waals surface area contributed by atoms with Gasteiger partial charge in [-0.3, -0.25) is 4.79 Å². The molecule has 9 heteroatoms. The Labute approximate surface area is 185 Å².